The number of amides is 1. The molecule has 1 heterocycles. The van der Waals surface area contributed by atoms with Crippen LogP contribution in [-0.2, 0) is 11.8 Å². The molecule has 0 unspecified atom stereocenters. The normalized spacial score (nSPS) is 10.8. The van der Waals surface area contributed by atoms with Crippen molar-refractivity contribution in [1.82, 2.24) is 9.36 Å². The van der Waals surface area contributed by atoms with Crippen LogP contribution in [0.5, 0.6) is 0 Å². The summed E-state index contributed by atoms with van der Waals surface area (Å²) < 4.78 is 3.29. The molecule has 5 nitrogen and oxygen atoms in total. The van der Waals surface area contributed by atoms with Gasteiger partial charge in [0.1, 0.15) is 5.69 Å². The van der Waals surface area contributed by atoms with Crippen molar-refractivity contribution in [2.45, 2.75) is 18.2 Å². The Kier molecular flexibility index (Phi) is 6.08. The Bertz CT molecular complexity index is 995. The van der Waals surface area contributed by atoms with E-state index < -0.39 is 0 Å². The van der Waals surface area contributed by atoms with Gasteiger partial charge in [-0.05, 0) is 43.3 Å². The zero-order valence-electron chi connectivity index (χ0n) is 15.1. The molecule has 1 N–H and O–H groups in total. The third-order valence-electron chi connectivity index (χ3n) is 4.23. The van der Waals surface area contributed by atoms with Gasteiger partial charge in [-0.3, -0.25) is 14.3 Å². The molecule has 0 aliphatic carbocycles. The van der Waals surface area contributed by atoms with Crippen molar-refractivity contribution >= 4 is 35.0 Å². The van der Waals surface area contributed by atoms with Crippen LogP contribution in [0.3, 0.4) is 0 Å². The van der Waals surface area contributed by atoms with Crippen LogP contribution in [0.2, 0.25) is 5.02 Å². The van der Waals surface area contributed by atoms with Crippen molar-refractivity contribution in [2.75, 3.05) is 11.1 Å². The van der Waals surface area contributed by atoms with E-state index in [1.807, 2.05) is 61.5 Å². The Morgan fingerprint density at radius 1 is 1.11 bits per heavy atom. The van der Waals surface area contributed by atoms with Gasteiger partial charge >= 0.3 is 0 Å². The van der Waals surface area contributed by atoms with Crippen LogP contribution in [0, 0.1) is 6.92 Å². The average molecular weight is 402 g/mol. The fourth-order valence-electron chi connectivity index (χ4n) is 2.71. The number of hydrogen-bond acceptors (Lipinski definition) is 3. The average Bonchev–Trinajstić information content (AvgIpc) is 2.87. The van der Waals surface area contributed by atoms with E-state index in [0.717, 1.165) is 10.6 Å². The molecule has 1 aromatic heterocycles. The molecule has 3 rings (SSSR count). The van der Waals surface area contributed by atoms with Crippen LogP contribution in [0.15, 0.2) is 64.3 Å². The van der Waals surface area contributed by atoms with Crippen LogP contribution >= 0.6 is 23.4 Å². The second kappa shape index (κ2) is 8.50. The van der Waals surface area contributed by atoms with Crippen LogP contribution < -0.4 is 10.9 Å². The molecule has 27 heavy (non-hydrogen) atoms. The number of anilines is 1. The summed E-state index contributed by atoms with van der Waals surface area (Å²) in [6.45, 7) is 1.82. The molecule has 0 saturated heterocycles. The van der Waals surface area contributed by atoms with Gasteiger partial charge in [0.25, 0.3) is 5.56 Å². The van der Waals surface area contributed by atoms with Gasteiger partial charge < -0.3 is 5.32 Å². The molecule has 0 fully saturated rings. The lowest BCUT2D eigenvalue weighted by Crippen LogP contribution is -2.23. The van der Waals surface area contributed by atoms with E-state index in [9.17, 15) is 9.59 Å². The Morgan fingerprint density at radius 2 is 1.78 bits per heavy atom. The highest BCUT2D eigenvalue weighted by atomic mass is 35.5. The monoisotopic (exact) mass is 401 g/mol. The maximum atomic E-state index is 12.8. The van der Waals surface area contributed by atoms with Gasteiger partial charge in [0, 0.05) is 29.1 Å². The van der Waals surface area contributed by atoms with Gasteiger partial charge in [-0.15, -0.1) is 11.8 Å². The standard InChI is InChI=1S/C20H20ClN3O2S/c1-14-19(20(26)24(23(14)2)16-6-4-3-5-7-16)22-18(25)12-13-27-17-10-8-15(21)9-11-17/h3-11H,12-13H2,1-2H3,(H,22,25). The molecule has 7 heteroatoms. The summed E-state index contributed by atoms with van der Waals surface area (Å²) in [6.07, 6.45) is 0.312. The second-order valence-corrected chi connectivity index (χ2v) is 7.64. The number of para-hydroxylation sites is 1. The Morgan fingerprint density at radius 3 is 2.44 bits per heavy atom. The number of rotatable bonds is 6. The Labute approximate surface area is 166 Å². The smallest absolute Gasteiger partial charge is 0.295 e. The summed E-state index contributed by atoms with van der Waals surface area (Å²) in [5, 5.41) is 3.46. The number of thioether (sulfide) groups is 1. The summed E-state index contributed by atoms with van der Waals surface area (Å²) in [5.74, 6) is 0.439. The molecule has 0 saturated carbocycles. The zero-order valence-corrected chi connectivity index (χ0v) is 16.7. The second-order valence-electron chi connectivity index (χ2n) is 6.04. The number of benzene rings is 2. The molecule has 0 spiro atoms. The first-order chi connectivity index (χ1) is 13.0. The number of carbonyl (C=O) groups is 1. The summed E-state index contributed by atoms with van der Waals surface area (Å²) in [6, 6.07) is 16.8. The molecule has 1 amide bonds. The van der Waals surface area contributed by atoms with E-state index >= 15 is 0 Å². The fraction of sp³-hybridized carbons (Fsp3) is 0.200. The van der Waals surface area contributed by atoms with E-state index in [1.165, 1.54) is 0 Å². The van der Waals surface area contributed by atoms with Crippen LogP contribution in [-0.4, -0.2) is 21.0 Å². The molecule has 0 radical (unpaired) electrons. The molecule has 0 bridgehead atoms. The number of carbonyl (C=O) groups excluding carboxylic acids is 1. The summed E-state index contributed by atoms with van der Waals surface area (Å²) in [4.78, 5) is 26.1. The highest BCUT2D eigenvalue weighted by Crippen LogP contribution is 2.21. The highest BCUT2D eigenvalue weighted by Gasteiger charge is 2.17. The van der Waals surface area contributed by atoms with Gasteiger partial charge in [-0.25, -0.2) is 4.68 Å². The van der Waals surface area contributed by atoms with Gasteiger partial charge in [0.2, 0.25) is 5.91 Å². The molecule has 0 atom stereocenters. The van der Waals surface area contributed by atoms with Gasteiger partial charge in [-0.2, -0.15) is 0 Å². The molecule has 140 valence electrons. The Hall–Kier alpha value is -2.44. The molecule has 0 aliphatic rings. The van der Waals surface area contributed by atoms with Crippen molar-refractivity contribution in [2.24, 2.45) is 7.05 Å². The first kappa shape index (κ1) is 19.3. The maximum Gasteiger partial charge on any atom is 0.295 e. The first-order valence-electron chi connectivity index (χ1n) is 8.49. The molecule has 0 aliphatic heterocycles. The summed E-state index contributed by atoms with van der Waals surface area (Å²) in [5.41, 5.74) is 1.55. The van der Waals surface area contributed by atoms with Crippen LogP contribution in [0.25, 0.3) is 5.69 Å². The van der Waals surface area contributed by atoms with E-state index in [0.29, 0.717) is 28.6 Å². The van der Waals surface area contributed by atoms with E-state index in [4.69, 9.17) is 11.6 Å². The quantitative estimate of drug-likeness (QED) is 0.628. The molecule has 3 aromatic rings. The lowest BCUT2D eigenvalue weighted by Gasteiger charge is -2.07. The Balaban J connectivity index is 1.67. The van der Waals surface area contributed by atoms with E-state index in [1.54, 1.807) is 28.2 Å². The number of nitrogens with zero attached hydrogens (tertiary/aromatic N) is 2. The molecular weight excluding hydrogens is 382 g/mol. The van der Waals surface area contributed by atoms with Gasteiger partial charge in [0.15, 0.2) is 0 Å². The van der Waals surface area contributed by atoms with Gasteiger partial charge in [0.05, 0.1) is 11.4 Å². The highest BCUT2D eigenvalue weighted by molar-refractivity contribution is 7.99. The van der Waals surface area contributed by atoms with Crippen LogP contribution in [0.1, 0.15) is 12.1 Å². The SMILES string of the molecule is Cc1c(NC(=O)CCSc2ccc(Cl)cc2)c(=O)n(-c2ccccc2)n1C. The minimum atomic E-state index is -0.236. The van der Waals surface area contributed by atoms with Crippen molar-refractivity contribution in [3.05, 3.63) is 75.7 Å². The maximum absolute atomic E-state index is 12.8. The number of aromatic nitrogens is 2. The third-order valence-corrected chi connectivity index (χ3v) is 5.50. The first-order valence-corrected chi connectivity index (χ1v) is 9.86. The minimum absolute atomic E-state index is 0.178. The third kappa shape index (κ3) is 4.46. The lowest BCUT2D eigenvalue weighted by molar-refractivity contribution is -0.115. The molecule has 2 aromatic carbocycles. The topological polar surface area (TPSA) is 56.0 Å². The summed E-state index contributed by atoms with van der Waals surface area (Å²) >= 11 is 7.44. The van der Waals surface area contributed by atoms with Gasteiger partial charge in [-0.1, -0.05) is 29.8 Å². The fourth-order valence-corrected chi connectivity index (χ4v) is 3.68. The summed E-state index contributed by atoms with van der Waals surface area (Å²) in [7, 11) is 1.80. The number of nitrogens with one attached hydrogen (secondary N) is 1. The zero-order chi connectivity index (χ0) is 19.4. The predicted octanol–water partition coefficient (Wildman–Crippen LogP) is 4.26. The largest absolute Gasteiger partial charge is 0.320 e. The molecular formula is C20H20ClN3O2S. The van der Waals surface area contributed by atoms with E-state index in [2.05, 4.69) is 5.32 Å². The number of halogens is 1. The van der Waals surface area contributed by atoms with Crippen molar-refractivity contribution < 1.29 is 4.79 Å². The van der Waals surface area contributed by atoms with Crippen molar-refractivity contribution in [3.8, 4) is 5.69 Å². The lowest BCUT2D eigenvalue weighted by atomic mass is 10.3. The van der Waals surface area contributed by atoms with Crippen LogP contribution in [0.4, 0.5) is 5.69 Å². The predicted molar refractivity (Wildman–Crippen MR) is 111 cm³/mol. The number of hydrogen-bond donors (Lipinski definition) is 1. The van der Waals surface area contributed by atoms with Crippen molar-refractivity contribution in [3.63, 3.8) is 0 Å². The van der Waals surface area contributed by atoms with Crippen molar-refractivity contribution in [1.29, 1.82) is 0 Å². The minimum Gasteiger partial charge on any atom is -0.320 e. The van der Waals surface area contributed by atoms with E-state index in [-0.39, 0.29) is 11.5 Å².